The topological polar surface area (TPSA) is 63.6 Å². The first-order chi connectivity index (χ1) is 6.17. The van der Waals surface area contributed by atoms with Crippen LogP contribution in [0.5, 0.6) is 0 Å². The van der Waals surface area contributed by atoms with Crippen LogP contribution in [0.25, 0.3) is 0 Å². The standard InChI is InChI=1S/C9H12O4/c1-13-9(12)4-6-2-8(11)3-7(6)5-10/h2,5,7-8,11H,3-4H2,1H3. The number of aliphatic hydroxyl groups is 1. The number of rotatable bonds is 3. The molecule has 0 aliphatic heterocycles. The molecule has 0 saturated carbocycles. The van der Waals surface area contributed by atoms with Gasteiger partial charge in [0.1, 0.15) is 6.29 Å². The van der Waals surface area contributed by atoms with E-state index in [9.17, 15) is 14.7 Å². The summed E-state index contributed by atoms with van der Waals surface area (Å²) in [5, 5.41) is 9.20. The normalized spacial score (nSPS) is 26.8. The van der Waals surface area contributed by atoms with E-state index in [0.717, 1.165) is 6.29 Å². The number of hydrogen-bond donors (Lipinski definition) is 1. The second-order valence-corrected chi connectivity index (χ2v) is 3.04. The highest BCUT2D eigenvalue weighted by molar-refractivity contribution is 5.75. The van der Waals surface area contributed by atoms with E-state index in [2.05, 4.69) is 4.74 Å². The third-order valence-corrected chi connectivity index (χ3v) is 2.12. The Hall–Kier alpha value is -1.16. The lowest BCUT2D eigenvalue weighted by Crippen LogP contribution is -2.08. The summed E-state index contributed by atoms with van der Waals surface area (Å²) >= 11 is 0. The molecule has 2 unspecified atom stereocenters. The van der Waals surface area contributed by atoms with Gasteiger partial charge in [-0.05, 0) is 6.42 Å². The van der Waals surface area contributed by atoms with Crippen molar-refractivity contribution in [3.8, 4) is 0 Å². The Labute approximate surface area is 76.2 Å². The zero-order chi connectivity index (χ0) is 9.84. The Bertz CT molecular complexity index is 244. The van der Waals surface area contributed by atoms with Crippen molar-refractivity contribution in [1.29, 1.82) is 0 Å². The number of hydrogen-bond acceptors (Lipinski definition) is 4. The van der Waals surface area contributed by atoms with Gasteiger partial charge in [-0.2, -0.15) is 0 Å². The molecule has 0 heterocycles. The van der Waals surface area contributed by atoms with Crippen molar-refractivity contribution in [2.24, 2.45) is 5.92 Å². The fraction of sp³-hybridized carbons (Fsp3) is 0.556. The van der Waals surface area contributed by atoms with Crippen LogP contribution in [0.3, 0.4) is 0 Å². The predicted octanol–water partition coefficient (Wildman–Crippen LogP) is 0.0556. The van der Waals surface area contributed by atoms with Crippen LogP contribution in [0, 0.1) is 5.92 Å². The van der Waals surface area contributed by atoms with Gasteiger partial charge in [0.2, 0.25) is 0 Å². The van der Waals surface area contributed by atoms with E-state index >= 15 is 0 Å². The molecule has 2 atom stereocenters. The summed E-state index contributed by atoms with van der Waals surface area (Å²) in [6, 6.07) is 0. The number of aliphatic hydroxyl groups excluding tert-OH is 1. The van der Waals surface area contributed by atoms with Crippen molar-refractivity contribution < 1.29 is 19.4 Å². The lowest BCUT2D eigenvalue weighted by Gasteiger charge is -2.05. The number of aldehydes is 1. The molecule has 1 N–H and O–H groups in total. The van der Waals surface area contributed by atoms with Crippen LogP contribution >= 0.6 is 0 Å². The molecule has 1 aliphatic carbocycles. The molecule has 0 aromatic carbocycles. The van der Waals surface area contributed by atoms with Crippen LogP contribution in [0.2, 0.25) is 0 Å². The van der Waals surface area contributed by atoms with E-state index in [1.807, 2.05) is 0 Å². The molecule has 4 heteroatoms. The van der Waals surface area contributed by atoms with Crippen LogP contribution in [-0.4, -0.2) is 30.6 Å². The maximum Gasteiger partial charge on any atom is 0.309 e. The Balaban J connectivity index is 2.61. The lowest BCUT2D eigenvalue weighted by atomic mass is 10.0. The molecule has 0 bridgehead atoms. The second-order valence-electron chi connectivity index (χ2n) is 3.04. The highest BCUT2D eigenvalue weighted by atomic mass is 16.5. The maximum absolute atomic E-state index is 10.9. The van der Waals surface area contributed by atoms with Gasteiger partial charge in [0.25, 0.3) is 0 Å². The van der Waals surface area contributed by atoms with E-state index in [1.54, 1.807) is 6.08 Å². The molecule has 0 fully saturated rings. The number of ether oxygens (including phenoxy) is 1. The van der Waals surface area contributed by atoms with Crippen LogP contribution in [0.4, 0.5) is 0 Å². The number of esters is 1. The van der Waals surface area contributed by atoms with Gasteiger partial charge in [0.15, 0.2) is 0 Å². The van der Waals surface area contributed by atoms with Gasteiger partial charge in [-0.1, -0.05) is 11.6 Å². The smallest absolute Gasteiger partial charge is 0.309 e. The molecule has 0 aromatic rings. The minimum absolute atomic E-state index is 0.0942. The third-order valence-electron chi connectivity index (χ3n) is 2.12. The first-order valence-electron chi connectivity index (χ1n) is 4.08. The van der Waals surface area contributed by atoms with Crippen molar-refractivity contribution in [3.63, 3.8) is 0 Å². The fourth-order valence-electron chi connectivity index (χ4n) is 1.42. The molecule has 72 valence electrons. The summed E-state index contributed by atoms with van der Waals surface area (Å²) in [5.74, 6) is -0.707. The van der Waals surface area contributed by atoms with Crippen molar-refractivity contribution in [2.45, 2.75) is 18.9 Å². The summed E-state index contributed by atoms with van der Waals surface area (Å²) in [6.07, 6.45) is 2.18. The third kappa shape index (κ3) is 2.39. The minimum atomic E-state index is -0.602. The van der Waals surface area contributed by atoms with Gasteiger partial charge in [0.05, 0.1) is 19.6 Å². The van der Waals surface area contributed by atoms with Gasteiger partial charge in [-0.3, -0.25) is 4.79 Å². The first kappa shape index (κ1) is 9.92. The SMILES string of the molecule is COC(=O)CC1=CC(O)CC1C=O. The minimum Gasteiger partial charge on any atom is -0.469 e. The molecule has 0 saturated heterocycles. The van der Waals surface area contributed by atoms with E-state index in [1.165, 1.54) is 7.11 Å². The summed E-state index contributed by atoms with van der Waals surface area (Å²) in [5.41, 5.74) is 0.661. The van der Waals surface area contributed by atoms with Crippen molar-refractivity contribution in [2.75, 3.05) is 7.11 Å². The molecular weight excluding hydrogens is 172 g/mol. The highest BCUT2D eigenvalue weighted by Gasteiger charge is 2.26. The highest BCUT2D eigenvalue weighted by Crippen LogP contribution is 2.26. The summed E-state index contributed by atoms with van der Waals surface area (Å²) in [4.78, 5) is 21.4. The molecular formula is C9H12O4. The summed E-state index contributed by atoms with van der Waals surface area (Å²) in [7, 11) is 1.30. The monoisotopic (exact) mass is 184 g/mol. The molecule has 4 nitrogen and oxygen atoms in total. The van der Waals surface area contributed by atoms with E-state index in [-0.39, 0.29) is 18.3 Å². The summed E-state index contributed by atoms with van der Waals surface area (Å²) < 4.78 is 4.46. The first-order valence-corrected chi connectivity index (χ1v) is 4.08. The summed E-state index contributed by atoms with van der Waals surface area (Å²) in [6.45, 7) is 0. The lowest BCUT2D eigenvalue weighted by molar-refractivity contribution is -0.139. The Morgan fingerprint density at radius 2 is 2.54 bits per heavy atom. The Kier molecular flexibility index (Phi) is 3.19. The van der Waals surface area contributed by atoms with Gasteiger partial charge in [-0.15, -0.1) is 0 Å². The molecule has 0 amide bonds. The van der Waals surface area contributed by atoms with Gasteiger partial charge in [-0.25, -0.2) is 0 Å². The zero-order valence-corrected chi connectivity index (χ0v) is 7.40. The van der Waals surface area contributed by atoms with E-state index in [0.29, 0.717) is 12.0 Å². The molecule has 0 aromatic heterocycles. The van der Waals surface area contributed by atoms with E-state index in [4.69, 9.17) is 0 Å². The molecule has 0 spiro atoms. The molecule has 0 radical (unpaired) electrons. The average molecular weight is 184 g/mol. The zero-order valence-electron chi connectivity index (χ0n) is 7.40. The quantitative estimate of drug-likeness (QED) is 0.382. The largest absolute Gasteiger partial charge is 0.469 e. The number of carbonyl (C=O) groups excluding carboxylic acids is 2. The molecule has 13 heavy (non-hydrogen) atoms. The predicted molar refractivity (Wildman–Crippen MR) is 44.9 cm³/mol. The Morgan fingerprint density at radius 1 is 1.85 bits per heavy atom. The maximum atomic E-state index is 10.9. The van der Waals surface area contributed by atoms with Crippen molar-refractivity contribution in [3.05, 3.63) is 11.6 Å². The molecule has 1 rings (SSSR count). The second kappa shape index (κ2) is 4.18. The number of carbonyl (C=O) groups is 2. The van der Waals surface area contributed by atoms with Gasteiger partial charge in [0, 0.05) is 5.92 Å². The van der Waals surface area contributed by atoms with Gasteiger partial charge < -0.3 is 14.6 Å². The fourth-order valence-corrected chi connectivity index (χ4v) is 1.42. The van der Waals surface area contributed by atoms with Crippen LogP contribution in [-0.2, 0) is 14.3 Å². The van der Waals surface area contributed by atoms with Crippen LogP contribution in [0.15, 0.2) is 11.6 Å². The molecule has 1 aliphatic rings. The van der Waals surface area contributed by atoms with Crippen molar-refractivity contribution in [1.82, 2.24) is 0 Å². The van der Waals surface area contributed by atoms with Gasteiger partial charge >= 0.3 is 5.97 Å². The average Bonchev–Trinajstić information content (AvgIpc) is 2.46. The van der Waals surface area contributed by atoms with Crippen LogP contribution < -0.4 is 0 Å². The number of methoxy groups -OCH3 is 1. The van der Waals surface area contributed by atoms with E-state index < -0.39 is 6.10 Å². The van der Waals surface area contributed by atoms with Crippen molar-refractivity contribution >= 4 is 12.3 Å². The van der Waals surface area contributed by atoms with Crippen LogP contribution in [0.1, 0.15) is 12.8 Å². The Morgan fingerprint density at radius 3 is 3.08 bits per heavy atom.